The van der Waals surface area contributed by atoms with Crippen molar-refractivity contribution in [2.24, 2.45) is 0 Å². The molecule has 3 nitrogen and oxygen atoms in total. The first-order valence-electron chi connectivity index (χ1n) is 28.3. The minimum atomic E-state index is -0.179. The highest BCUT2D eigenvalue weighted by atomic mass is 15.2. The van der Waals surface area contributed by atoms with E-state index in [-0.39, 0.29) is 6.71 Å². The van der Waals surface area contributed by atoms with Gasteiger partial charge in [0.15, 0.2) is 0 Å². The van der Waals surface area contributed by atoms with Crippen LogP contribution in [0, 0.1) is 0 Å². The second kappa shape index (κ2) is 20.8. The van der Waals surface area contributed by atoms with Crippen molar-refractivity contribution >= 4 is 74.3 Å². The minimum Gasteiger partial charge on any atom is -0.310 e. The van der Waals surface area contributed by atoms with Crippen molar-refractivity contribution in [3.8, 4) is 66.8 Å². The average molecular weight is 1040 g/mol. The molecule has 13 aromatic rings. The van der Waals surface area contributed by atoms with Crippen molar-refractivity contribution < 1.29 is 0 Å². The molecule has 0 atom stereocenters. The quantitative estimate of drug-likeness (QED) is 0.120. The summed E-state index contributed by atoms with van der Waals surface area (Å²) in [4.78, 5) is 7.72. The van der Waals surface area contributed by atoms with E-state index in [2.05, 4.69) is 342 Å². The van der Waals surface area contributed by atoms with E-state index in [4.69, 9.17) is 0 Å². The number of hydrogen-bond acceptors (Lipinski definition) is 3. The van der Waals surface area contributed by atoms with Crippen LogP contribution in [0.3, 0.4) is 0 Å². The third kappa shape index (κ3) is 8.48. The minimum absolute atomic E-state index is 0.179. The molecule has 2 aliphatic rings. The van der Waals surface area contributed by atoms with Crippen LogP contribution in [-0.4, -0.2) is 6.71 Å². The van der Waals surface area contributed by atoms with Crippen LogP contribution >= 0.6 is 0 Å². The van der Waals surface area contributed by atoms with E-state index in [0.717, 1.165) is 118 Å². The molecule has 0 unspecified atom stereocenters. The summed E-state index contributed by atoms with van der Waals surface area (Å²) in [6, 6.07) is 120. The molecule has 0 saturated carbocycles. The second-order valence-electron chi connectivity index (χ2n) is 21.2. The van der Waals surface area contributed by atoms with Crippen LogP contribution < -0.4 is 31.1 Å². The van der Waals surface area contributed by atoms with Gasteiger partial charge in [-0.3, -0.25) is 0 Å². The van der Waals surface area contributed by atoms with Crippen molar-refractivity contribution in [3.63, 3.8) is 0 Å². The van der Waals surface area contributed by atoms with Crippen LogP contribution in [0.2, 0.25) is 0 Å². The zero-order valence-electron chi connectivity index (χ0n) is 45.1. The number of rotatable bonds is 11. The van der Waals surface area contributed by atoms with E-state index in [0.29, 0.717) is 0 Å². The maximum Gasteiger partial charge on any atom is 0.252 e. The van der Waals surface area contributed by atoms with Gasteiger partial charge in [-0.2, -0.15) is 0 Å². The van der Waals surface area contributed by atoms with Gasteiger partial charge in [0.05, 0.1) is 17.1 Å². The van der Waals surface area contributed by atoms with E-state index in [1.165, 1.54) is 16.4 Å². The molecule has 0 radical (unpaired) electrons. The number of fused-ring (bicyclic) bond motifs is 4. The predicted molar refractivity (Wildman–Crippen MR) is 348 cm³/mol. The predicted octanol–water partition coefficient (Wildman–Crippen LogP) is 19.2. The van der Waals surface area contributed by atoms with Crippen molar-refractivity contribution in [1.82, 2.24) is 0 Å². The normalized spacial score (nSPS) is 12.1. The highest BCUT2D eigenvalue weighted by molar-refractivity contribution is 7.00. The third-order valence-electron chi connectivity index (χ3n) is 16.4. The number of nitrogens with zero attached hydrogens (tertiary/aromatic N) is 3. The summed E-state index contributed by atoms with van der Waals surface area (Å²) >= 11 is 0. The Labute approximate surface area is 480 Å². The Hall–Kier alpha value is -10.7. The van der Waals surface area contributed by atoms with Gasteiger partial charge in [0.25, 0.3) is 6.71 Å². The van der Waals surface area contributed by atoms with Gasteiger partial charge >= 0.3 is 0 Å². The molecule has 0 amide bonds. The van der Waals surface area contributed by atoms with Gasteiger partial charge in [-0.25, -0.2) is 0 Å². The molecule has 2 heterocycles. The molecule has 0 spiro atoms. The summed E-state index contributed by atoms with van der Waals surface area (Å²) in [6.07, 6.45) is 0. The lowest BCUT2D eigenvalue weighted by Crippen LogP contribution is -2.61. The highest BCUT2D eigenvalue weighted by Crippen LogP contribution is 2.55. The number of para-hydroxylation sites is 4. The van der Waals surface area contributed by atoms with Crippen LogP contribution in [0.1, 0.15) is 0 Å². The van der Waals surface area contributed by atoms with Crippen LogP contribution in [0.5, 0.6) is 0 Å². The first-order chi connectivity index (χ1) is 40.7. The lowest BCUT2D eigenvalue weighted by Gasteiger charge is -2.46. The van der Waals surface area contributed by atoms with E-state index < -0.39 is 0 Å². The van der Waals surface area contributed by atoms with Crippen LogP contribution in [0.15, 0.2) is 328 Å². The first kappa shape index (κ1) is 48.5. The monoisotopic (exact) mass is 1040 g/mol. The summed E-state index contributed by atoms with van der Waals surface area (Å²) in [7, 11) is 0. The van der Waals surface area contributed by atoms with Gasteiger partial charge in [0, 0.05) is 56.4 Å². The third-order valence-corrected chi connectivity index (χ3v) is 16.4. The highest BCUT2D eigenvalue weighted by Gasteiger charge is 2.46. The van der Waals surface area contributed by atoms with Crippen molar-refractivity contribution in [1.29, 1.82) is 0 Å². The molecule has 15 rings (SSSR count). The molecule has 13 aromatic carbocycles. The fourth-order valence-electron chi connectivity index (χ4n) is 12.8. The van der Waals surface area contributed by atoms with E-state index in [9.17, 15) is 0 Å². The Kier molecular flexibility index (Phi) is 12.3. The molecular formula is C78H54BN3. The number of benzene rings is 13. The zero-order chi connectivity index (χ0) is 54.3. The summed E-state index contributed by atoms with van der Waals surface area (Å²) < 4.78 is 0. The molecule has 0 fully saturated rings. The lowest BCUT2D eigenvalue weighted by molar-refractivity contribution is 1.23. The molecule has 0 bridgehead atoms. The molecule has 0 aromatic heterocycles. The van der Waals surface area contributed by atoms with Gasteiger partial charge in [0.1, 0.15) is 0 Å². The van der Waals surface area contributed by atoms with Crippen LogP contribution in [0.25, 0.3) is 66.8 Å². The first-order valence-corrected chi connectivity index (χ1v) is 28.3. The van der Waals surface area contributed by atoms with E-state index in [1.54, 1.807) is 0 Å². The topological polar surface area (TPSA) is 9.72 Å². The molecule has 4 heteroatoms. The fourth-order valence-corrected chi connectivity index (χ4v) is 12.8. The summed E-state index contributed by atoms with van der Waals surface area (Å²) in [6.45, 7) is -0.179. The Morgan fingerprint density at radius 2 is 0.512 bits per heavy atom. The van der Waals surface area contributed by atoms with Crippen molar-refractivity contribution in [3.05, 3.63) is 328 Å². The summed E-state index contributed by atoms with van der Waals surface area (Å²) in [5.41, 5.74) is 27.3. The maximum atomic E-state index is 2.64. The SMILES string of the molecule is c1ccc(-c2ccc3c(c2)N(c2c(-c4ccccc4)cccc2-c2ccccc2)c2cc(N(c4ccccc4)c4ccccc4)cc4c2B3c2ccc(-c3ccccc3)cc2N4c2c(-c3ccccc3)cccc2-c2ccccc2)cc1. The number of anilines is 9. The summed E-state index contributed by atoms with van der Waals surface area (Å²) in [5.74, 6) is 0. The molecule has 2 aliphatic heterocycles. The Balaban J connectivity index is 1.14. The van der Waals surface area contributed by atoms with Crippen molar-refractivity contribution in [2.45, 2.75) is 0 Å². The molecule has 82 heavy (non-hydrogen) atoms. The Bertz CT molecular complexity index is 4030. The van der Waals surface area contributed by atoms with Gasteiger partial charge in [-0.1, -0.05) is 279 Å². The van der Waals surface area contributed by atoms with Gasteiger partial charge < -0.3 is 14.7 Å². The molecule has 0 saturated heterocycles. The number of hydrogen-bond donors (Lipinski definition) is 0. The van der Waals surface area contributed by atoms with Gasteiger partial charge in [-0.15, -0.1) is 0 Å². The Morgan fingerprint density at radius 1 is 0.220 bits per heavy atom. The lowest BCUT2D eigenvalue weighted by atomic mass is 9.33. The van der Waals surface area contributed by atoms with E-state index >= 15 is 0 Å². The zero-order valence-corrected chi connectivity index (χ0v) is 45.1. The smallest absolute Gasteiger partial charge is 0.252 e. The van der Waals surface area contributed by atoms with E-state index in [1.807, 2.05) is 0 Å². The maximum absolute atomic E-state index is 2.64. The average Bonchev–Trinajstić information content (AvgIpc) is 2.03. The van der Waals surface area contributed by atoms with Gasteiger partial charge in [0.2, 0.25) is 0 Å². The fraction of sp³-hybridized carbons (Fsp3) is 0. The summed E-state index contributed by atoms with van der Waals surface area (Å²) in [5, 5.41) is 0. The van der Waals surface area contributed by atoms with Crippen LogP contribution in [0.4, 0.5) is 51.2 Å². The molecule has 0 aliphatic carbocycles. The van der Waals surface area contributed by atoms with Crippen LogP contribution in [-0.2, 0) is 0 Å². The molecule has 0 N–H and O–H groups in total. The van der Waals surface area contributed by atoms with Crippen molar-refractivity contribution in [2.75, 3.05) is 14.7 Å². The second-order valence-corrected chi connectivity index (χ2v) is 21.2. The molecule has 384 valence electrons. The standard InChI is InChI=1S/C78H54BN3/c1-9-27-55(28-10-1)61-47-49-70-72(51-61)81(77-66(57-31-13-3-14-32-57)43-25-44-67(77)58-33-15-4-16-34-58)74-53-65(80(63-39-21-7-22-40-63)64-41-23-8-24-42-64)54-75-76(74)79(70)71-50-48-62(56-29-11-2-12-30-56)52-73(71)82(75)78-68(59-35-17-5-18-36-59)45-26-46-69(78)60-37-19-6-20-38-60/h1-54H. The van der Waals surface area contributed by atoms with Gasteiger partial charge in [-0.05, 0) is 109 Å². The Morgan fingerprint density at radius 3 is 0.829 bits per heavy atom. The molecular weight excluding hydrogens is 990 g/mol. The largest absolute Gasteiger partial charge is 0.310 e.